The molecule has 1 fully saturated rings. The zero-order valence-electron chi connectivity index (χ0n) is 14.9. The molecule has 150 valence electrons. The number of thioether (sulfide) groups is 1. The van der Waals surface area contributed by atoms with E-state index in [1.807, 2.05) is 18.2 Å². The molecule has 0 aromatic heterocycles. The molecule has 1 amide bonds. The molecule has 0 unspecified atom stereocenters. The maximum atomic E-state index is 12.4. The number of rotatable bonds is 7. The first-order valence-electron chi connectivity index (χ1n) is 8.47. The molecule has 2 aromatic rings. The summed E-state index contributed by atoms with van der Waals surface area (Å²) in [7, 11) is 0. The molecule has 3 rings (SSSR count). The van der Waals surface area contributed by atoms with Gasteiger partial charge in [-0.1, -0.05) is 65.4 Å². The minimum atomic E-state index is -0.974. The minimum Gasteiger partial charge on any atom is -0.489 e. The van der Waals surface area contributed by atoms with Gasteiger partial charge in [0.15, 0.2) is 0 Å². The number of carbonyl (C=O) groups excluding carboxylic acids is 1. The third kappa shape index (κ3) is 5.73. The number of thiocarbonyl (C=S) groups is 1. The Morgan fingerprint density at radius 3 is 2.59 bits per heavy atom. The van der Waals surface area contributed by atoms with Gasteiger partial charge in [0.1, 0.15) is 16.7 Å². The van der Waals surface area contributed by atoms with Gasteiger partial charge in [0, 0.05) is 22.2 Å². The highest BCUT2D eigenvalue weighted by Gasteiger charge is 2.31. The Kier molecular flexibility index (Phi) is 7.18. The molecule has 1 heterocycles. The zero-order valence-corrected chi connectivity index (χ0v) is 18.1. The number of ether oxygens (including phenoxy) is 1. The van der Waals surface area contributed by atoms with Crippen LogP contribution in [0, 0.1) is 0 Å². The Bertz CT molecular complexity index is 992. The summed E-state index contributed by atoms with van der Waals surface area (Å²) >= 11 is 18.4. The fourth-order valence-corrected chi connectivity index (χ4v) is 4.28. The van der Waals surface area contributed by atoms with Crippen LogP contribution in [0.4, 0.5) is 0 Å². The van der Waals surface area contributed by atoms with E-state index in [1.165, 1.54) is 4.90 Å². The molecule has 0 bridgehead atoms. The molecule has 5 nitrogen and oxygen atoms in total. The number of hydrogen-bond acceptors (Lipinski definition) is 5. The first kappa shape index (κ1) is 21.6. The first-order valence-corrected chi connectivity index (χ1v) is 10.5. The third-order valence-corrected chi connectivity index (χ3v) is 5.97. The molecule has 0 spiro atoms. The van der Waals surface area contributed by atoms with Crippen LogP contribution in [0.2, 0.25) is 10.0 Å². The average Bonchev–Trinajstić information content (AvgIpc) is 2.93. The van der Waals surface area contributed by atoms with Crippen LogP contribution in [-0.2, 0) is 16.2 Å². The van der Waals surface area contributed by atoms with Gasteiger partial charge < -0.3 is 9.84 Å². The second-order valence-electron chi connectivity index (χ2n) is 6.07. The van der Waals surface area contributed by atoms with Crippen molar-refractivity contribution in [1.29, 1.82) is 0 Å². The highest BCUT2D eigenvalue weighted by atomic mass is 35.5. The van der Waals surface area contributed by atoms with Crippen molar-refractivity contribution in [3.05, 3.63) is 68.5 Å². The standard InChI is InChI=1S/C20H15Cl2NO4S2/c21-14-4-3-13(16(22)10-14)11-27-15-5-1-12(2-6-15)9-17-19(26)23(20(28)29-17)8-7-18(24)25/h1-6,9-10H,7-8,11H2,(H,24,25)/b17-9+. The van der Waals surface area contributed by atoms with Crippen LogP contribution in [0.25, 0.3) is 6.08 Å². The van der Waals surface area contributed by atoms with Crippen LogP contribution in [0.3, 0.4) is 0 Å². The number of halogens is 2. The molecule has 1 aliphatic heterocycles. The average molecular weight is 468 g/mol. The number of carbonyl (C=O) groups is 2. The predicted octanol–water partition coefficient (Wildman–Crippen LogP) is 5.25. The Morgan fingerprint density at radius 2 is 1.93 bits per heavy atom. The summed E-state index contributed by atoms with van der Waals surface area (Å²) in [6.45, 7) is 0.370. The Labute approximate surface area is 187 Å². The van der Waals surface area contributed by atoms with E-state index in [-0.39, 0.29) is 18.9 Å². The smallest absolute Gasteiger partial charge is 0.305 e. The Hall–Kier alpha value is -2.06. The first-order chi connectivity index (χ1) is 13.8. The summed E-state index contributed by atoms with van der Waals surface area (Å²) in [4.78, 5) is 24.9. The van der Waals surface area contributed by atoms with E-state index in [9.17, 15) is 9.59 Å². The molecule has 2 aromatic carbocycles. The number of amides is 1. The van der Waals surface area contributed by atoms with Crippen molar-refractivity contribution in [2.45, 2.75) is 13.0 Å². The third-order valence-electron chi connectivity index (χ3n) is 4.01. The monoisotopic (exact) mass is 467 g/mol. The quantitative estimate of drug-likeness (QED) is 0.443. The van der Waals surface area contributed by atoms with Gasteiger partial charge in [0.2, 0.25) is 0 Å². The number of carboxylic acids is 1. The van der Waals surface area contributed by atoms with E-state index < -0.39 is 5.97 Å². The number of carboxylic acid groups (broad SMARTS) is 1. The maximum Gasteiger partial charge on any atom is 0.305 e. The molecular formula is C20H15Cl2NO4S2. The molecule has 1 aliphatic rings. The van der Waals surface area contributed by atoms with Crippen molar-refractivity contribution in [3.63, 3.8) is 0 Å². The van der Waals surface area contributed by atoms with Crippen LogP contribution >= 0.6 is 47.2 Å². The van der Waals surface area contributed by atoms with E-state index in [0.29, 0.717) is 31.6 Å². The summed E-state index contributed by atoms with van der Waals surface area (Å²) in [5.41, 5.74) is 1.63. The molecule has 1 saturated heterocycles. The topological polar surface area (TPSA) is 66.8 Å². The lowest BCUT2D eigenvalue weighted by Crippen LogP contribution is -2.30. The maximum absolute atomic E-state index is 12.4. The lowest BCUT2D eigenvalue weighted by Gasteiger charge is -2.12. The Balaban J connectivity index is 1.63. The Morgan fingerprint density at radius 1 is 1.21 bits per heavy atom. The van der Waals surface area contributed by atoms with E-state index in [2.05, 4.69) is 0 Å². The fourth-order valence-electron chi connectivity index (χ4n) is 2.51. The zero-order chi connectivity index (χ0) is 21.0. The van der Waals surface area contributed by atoms with Crippen LogP contribution in [0.15, 0.2) is 47.4 Å². The van der Waals surface area contributed by atoms with Crippen LogP contribution < -0.4 is 4.74 Å². The van der Waals surface area contributed by atoms with E-state index >= 15 is 0 Å². The fraction of sp³-hybridized carbons (Fsp3) is 0.150. The molecule has 0 radical (unpaired) electrons. The number of nitrogens with zero attached hydrogens (tertiary/aromatic N) is 1. The normalized spacial score (nSPS) is 15.2. The van der Waals surface area contributed by atoms with Crippen molar-refractivity contribution >= 4 is 69.5 Å². The van der Waals surface area contributed by atoms with Gasteiger partial charge in [0.25, 0.3) is 5.91 Å². The molecule has 1 N–H and O–H groups in total. The van der Waals surface area contributed by atoms with E-state index in [1.54, 1.807) is 30.3 Å². The molecule has 29 heavy (non-hydrogen) atoms. The second kappa shape index (κ2) is 9.63. The molecule has 9 heteroatoms. The van der Waals surface area contributed by atoms with Crippen LogP contribution in [0.5, 0.6) is 5.75 Å². The van der Waals surface area contributed by atoms with Crippen molar-refractivity contribution in [2.75, 3.05) is 6.54 Å². The van der Waals surface area contributed by atoms with Crippen LogP contribution in [-0.4, -0.2) is 32.7 Å². The van der Waals surface area contributed by atoms with Gasteiger partial charge in [-0.15, -0.1) is 0 Å². The number of aliphatic carboxylic acids is 1. The van der Waals surface area contributed by atoms with Gasteiger partial charge in [-0.25, -0.2) is 0 Å². The largest absolute Gasteiger partial charge is 0.489 e. The van der Waals surface area contributed by atoms with E-state index in [4.69, 9.17) is 45.3 Å². The van der Waals surface area contributed by atoms with Gasteiger partial charge in [-0.2, -0.15) is 0 Å². The van der Waals surface area contributed by atoms with Crippen molar-refractivity contribution in [2.24, 2.45) is 0 Å². The predicted molar refractivity (Wildman–Crippen MR) is 119 cm³/mol. The molecule has 0 aliphatic carbocycles. The van der Waals surface area contributed by atoms with Crippen LogP contribution in [0.1, 0.15) is 17.5 Å². The SMILES string of the molecule is O=C(O)CCN1C(=O)/C(=C\c2ccc(OCc3ccc(Cl)cc3Cl)cc2)SC1=S. The summed E-state index contributed by atoms with van der Waals surface area (Å²) in [6.07, 6.45) is 1.57. The van der Waals surface area contributed by atoms with Crippen molar-refractivity contribution < 1.29 is 19.4 Å². The van der Waals surface area contributed by atoms with Crippen molar-refractivity contribution in [3.8, 4) is 5.75 Å². The minimum absolute atomic E-state index is 0.0668. The van der Waals surface area contributed by atoms with Gasteiger partial charge in [0.05, 0.1) is 11.3 Å². The summed E-state index contributed by atoms with van der Waals surface area (Å²) in [6, 6.07) is 12.5. The van der Waals surface area contributed by atoms with Gasteiger partial charge in [-0.05, 0) is 35.9 Å². The summed E-state index contributed by atoms with van der Waals surface area (Å²) < 4.78 is 6.11. The lowest BCUT2D eigenvalue weighted by molar-refractivity contribution is -0.137. The highest BCUT2D eigenvalue weighted by molar-refractivity contribution is 8.26. The lowest BCUT2D eigenvalue weighted by atomic mass is 10.2. The molecular weight excluding hydrogens is 453 g/mol. The van der Waals surface area contributed by atoms with E-state index in [0.717, 1.165) is 22.9 Å². The van der Waals surface area contributed by atoms with Crippen molar-refractivity contribution in [1.82, 2.24) is 4.90 Å². The second-order valence-corrected chi connectivity index (χ2v) is 8.59. The molecule has 0 atom stereocenters. The highest BCUT2D eigenvalue weighted by Crippen LogP contribution is 2.33. The van der Waals surface area contributed by atoms with Gasteiger partial charge >= 0.3 is 5.97 Å². The number of hydrogen-bond donors (Lipinski definition) is 1. The number of benzene rings is 2. The summed E-state index contributed by atoms with van der Waals surface area (Å²) in [5.74, 6) is -0.598. The summed E-state index contributed by atoms with van der Waals surface area (Å²) in [5, 5.41) is 9.90. The van der Waals surface area contributed by atoms with Gasteiger partial charge in [-0.3, -0.25) is 14.5 Å². The molecule has 0 saturated carbocycles.